The average molecular weight is 394 g/mol. The molecule has 13 heteroatoms. The van der Waals surface area contributed by atoms with Crippen molar-refractivity contribution in [2.24, 2.45) is 0 Å². The van der Waals surface area contributed by atoms with Crippen molar-refractivity contribution in [2.45, 2.75) is 16.4 Å². The van der Waals surface area contributed by atoms with E-state index in [9.17, 15) is 13.2 Å². The average Bonchev–Trinajstić information content (AvgIpc) is 3.30. The third-order valence-electron chi connectivity index (χ3n) is 3.46. The van der Waals surface area contributed by atoms with Gasteiger partial charge in [-0.1, -0.05) is 12.1 Å². The molecule has 27 heavy (non-hydrogen) atoms. The molecule has 0 spiro atoms. The van der Waals surface area contributed by atoms with Crippen LogP contribution in [-0.2, 0) is 6.18 Å². The summed E-state index contributed by atoms with van der Waals surface area (Å²) in [6.45, 7) is 0. The number of fused-ring (bicyclic) bond motifs is 1. The van der Waals surface area contributed by atoms with E-state index in [1.807, 2.05) is 0 Å². The van der Waals surface area contributed by atoms with E-state index in [1.165, 1.54) is 16.3 Å². The highest BCUT2D eigenvalue weighted by Crippen LogP contribution is 2.34. The molecule has 0 aliphatic heterocycles. The zero-order valence-electron chi connectivity index (χ0n) is 13.5. The number of benzene rings is 1. The Morgan fingerprint density at radius 1 is 1.19 bits per heavy atom. The third-order valence-corrected chi connectivity index (χ3v) is 4.40. The first-order chi connectivity index (χ1) is 13.0. The number of hydrogen-bond donors (Lipinski definition) is 0. The summed E-state index contributed by atoms with van der Waals surface area (Å²) < 4.78 is 47.2. The van der Waals surface area contributed by atoms with E-state index < -0.39 is 11.9 Å². The van der Waals surface area contributed by atoms with Gasteiger partial charge in [0.05, 0.1) is 7.11 Å². The van der Waals surface area contributed by atoms with Crippen molar-refractivity contribution in [3.63, 3.8) is 0 Å². The highest BCUT2D eigenvalue weighted by molar-refractivity contribution is 7.99. The number of rotatable bonds is 4. The van der Waals surface area contributed by atoms with Crippen LogP contribution in [0.3, 0.4) is 0 Å². The van der Waals surface area contributed by atoms with Crippen LogP contribution < -0.4 is 4.74 Å². The second-order valence-corrected chi connectivity index (χ2v) is 6.08. The molecule has 0 amide bonds. The summed E-state index contributed by atoms with van der Waals surface area (Å²) in [4.78, 5) is 7.22. The Labute approximate surface area is 153 Å². The van der Waals surface area contributed by atoms with Gasteiger partial charge >= 0.3 is 6.18 Å². The lowest BCUT2D eigenvalue weighted by molar-refractivity contribution is -0.141. The van der Waals surface area contributed by atoms with Gasteiger partial charge in [0.15, 0.2) is 5.69 Å². The van der Waals surface area contributed by atoms with E-state index in [1.54, 1.807) is 24.3 Å². The Morgan fingerprint density at radius 2 is 2.00 bits per heavy atom. The minimum Gasteiger partial charge on any atom is -0.494 e. The summed E-state index contributed by atoms with van der Waals surface area (Å²) in [5.41, 5.74) is -0.547. The maximum absolute atomic E-state index is 13.1. The molecule has 0 aliphatic rings. The van der Waals surface area contributed by atoms with Crippen molar-refractivity contribution in [1.29, 1.82) is 0 Å². The highest BCUT2D eigenvalue weighted by atomic mass is 32.2. The molecule has 1 aromatic carbocycles. The van der Waals surface area contributed by atoms with Gasteiger partial charge in [-0.05, 0) is 34.3 Å². The van der Waals surface area contributed by atoms with E-state index in [0.717, 1.165) is 24.2 Å². The van der Waals surface area contributed by atoms with Crippen molar-refractivity contribution < 1.29 is 17.9 Å². The Hall–Kier alpha value is -3.22. The summed E-state index contributed by atoms with van der Waals surface area (Å²) in [6.07, 6.45) is -3.51. The van der Waals surface area contributed by atoms with Gasteiger partial charge in [0.1, 0.15) is 22.8 Å². The van der Waals surface area contributed by atoms with Gasteiger partial charge in [-0.3, -0.25) is 0 Å². The van der Waals surface area contributed by atoms with Gasteiger partial charge in [0, 0.05) is 6.07 Å². The molecule has 0 atom stereocenters. The summed E-state index contributed by atoms with van der Waals surface area (Å²) >= 11 is 0.891. The molecule has 9 nitrogen and oxygen atoms in total. The Morgan fingerprint density at radius 3 is 2.78 bits per heavy atom. The van der Waals surface area contributed by atoms with E-state index in [0.29, 0.717) is 11.4 Å². The molecule has 138 valence electrons. The summed E-state index contributed by atoms with van der Waals surface area (Å²) in [7, 11) is 1.49. The molecule has 0 fully saturated rings. The molecule has 0 unspecified atom stereocenters. The molecule has 4 rings (SSSR count). The monoisotopic (exact) mass is 394 g/mol. The molecule has 0 radical (unpaired) electrons. The number of aromatic nitrogens is 8. The fourth-order valence-electron chi connectivity index (χ4n) is 2.30. The number of halogens is 3. The Balaban J connectivity index is 1.81. The first kappa shape index (κ1) is 17.2. The second-order valence-electron chi connectivity index (χ2n) is 5.10. The zero-order chi connectivity index (χ0) is 19.0. The lowest BCUT2D eigenvalue weighted by Gasteiger charge is -2.10. The van der Waals surface area contributed by atoms with E-state index in [2.05, 4.69) is 30.6 Å². The van der Waals surface area contributed by atoms with Crippen LogP contribution in [-0.4, -0.2) is 46.9 Å². The molecule has 0 N–H and O–H groups in total. The normalized spacial score (nSPS) is 11.9. The van der Waals surface area contributed by atoms with Gasteiger partial charge in [0.25, 0.3) is 5.78 Å². The predicted molar refractivity (Wildman–Crippen MR) is 85.6 cm³/mol. The van der Waals surface area contributed by atoms with Gasteiger partial charge < -0.3 is 4.74 Å². The maximum Gasteiger partial charge on any atom is 0.433 e. The first-order valence-electron chi connectivity index (χ1n) is 7.35. The quantitative estimate of drug-likeness (QED) is 0.487. The Kier molecular flexibility index (Phi) is 4.14. The fraction of sp³-hybridized carbons (Fsp3) is 0.143. The van der Waals surface area contributed by atoms with Crippen LogP contribution in [0, 0.1) is 0 Å². The number of ether oxygens (including phenoxy) is 1. The van der Waals surface area contributed by atoms with Crippen LogP contribution in [0.2, 0.25) is 0 Å². The molecule has 0 bridgehead atoms. The van der Waals surface area contributed by atoms with Crippen LogP contribution in [0.25, 0.3) is 11.5 Å². The molecule has 4 aromatic rings. The lowest BCUT2D eigenvalue weighted by Crippen LogP contribution is -2.11. The van der Waals surface area contributed by atoms with Crippen LogP contribution in [0.15, 0.2) is 46.8 Å². The van der Waals surface area contributed by atoms with Gasteiger partial charge in [-0.25, -0.2) is 4.98 Å². The molecular weight excluding hydrogens is 385 g/mol. The molecule has 0 aliphatic carbocycles. The van der Waals surface area contributed by atoms with Crippen molar-refractivity contribution in [3.8, 4) is 11.4 Å². The van der Waals surface area contributed by atoms with Crippen LogP contribution in [0.4, 0.5) is 13.2 Å². The minimum atomic E-state index is -4.63. The fourth-order valence-corrected chi connectivity index (χ4v) is 3.17. The smallest absolute Gasteiger partial charge is 0.433 e. The third kappa shape index (κ3) is 3.16. The minimum absolute atomic E-state index is 0.107. The standard InChI is InChI=1S/C14H9F3N8OS/c1-26-9-5-3-2-4-8(9)24-13(21-22-23-24)27-11-6-10(14(15,16)17)20-12-18-7-19-25(11)12/h2-7H,1H3. The van der Waals surface area contributed by atoms with Crippen molar-refractivity contribution in [2.75, 3.05) is 7.11 Å². The van der Waals surface area contributed by atoms with Crippen molar-refractivity contribution in [3.05, 3.63) is 42.4 Å². The topological polar surface area (TPSA) is 95.9 Å². The summed E-state index contributed by atoms with van der Waals surface area (Å²) in [5.74, 6) is 0.326. The SMILES string of the molecule is COc1ccccc1-n1nnnc1Sc1cc(C(F)(F)F)nc2ncnn12. The van der Waals surface area contributed by atoms with E-state index >= 15 is 0 Å². The summed E-state index contributed by atoms with van der Waals surface area (Å²) in [6, 6.07) is 7.84. The number of nitrogens with zero attached hydrogens (tertiary/aromatic N) is 8. The van der Waals surface area contributed by atoms with Gasteiger partial charge in [-0.15, -0.1) is 5.10 Å². The van der Waals surface area contributed by atoms with Gasteiger partial charge in [0.2, 0.25) is 5.16 Å². The molecule has 3 aromatic heterocycles. The van der Waals surface area contributed by atoms with Gasteiger partial charge in [-0.2, -0.15) is 32.5 Å². The van der Waals surface area contributed by atoms with Crippen molar-refractivity contribution in [1.82, 2.24) is 39.8 Å². The van der Waals surface area contributed by atoms with Crippen LogP contribution in [0.5, 0.6) is 5.75 Å². The second kappa shape index (κ2) is 6.50. The molecule has 0 saturated heterocycles. The lowest BCUT2D eigenvalue weighted by atomic mass is 10.3. The number of alkyl halides is 3. The zero-order valence-corrected chi connectivity index (χ0v) is 14.3. The maximum atomic E-state index is 13.1. The largest absolute Gasteiger partial charge is 0.494 e. The first-order valence-corrected chi connectivity index (χ1v) is 8.16. The van der Waals surface area contributed by atoms with E-state index in [4.69, 9.17) is 4.74 Å². The number of tetrazole rings is 1. The highest BCUT2D eigenvalue weighted by Gasteiger charge is 2.34. The number of para-hydroxylation sites is 2. The van der Waals surface area contributed by atoms with Crippen LogP contribution in [0.1, 0.15) is 5.69 Å². The predicted octanol–water partition coefficient (Wildman–Crippen LogP) is 2.28. The van der Waals surface area contributed by atoms with Crippen LogP contribution >= 0.6 is 11.8 Å². The molecule has 0 saturated carbocycles. The van der Waals surface area contributed by atoms with Crippen molar-refractivity contribution >= 4 is 17.5 Å². The summed E-state index contributed by atoms with van der Waals surface area (Å²) in [5, 5.41) is 15.6. The van der Waals surface area contributed by atoms with E-state index in [-0.39, 0.29) is 16.0 Å². The number of methoxy groups -OCH3 is 1. The molecule has 3 heterocycles. The molecular formula is C14H9F3N8OS. The number of hydrogen-bond acceptors (Lipinski definition) is 8. The Bertz CT molecular complexity index is 1110.